The molecule has 2 heterocycles. The molecule has 2 amide bonds. The number of aryl methyl sites for hydroxylation is 1. The fraction of sp³-hybridized carbons (Fsp3) is 0.296. The molecule has 3 N–H and O–H groups in total. The Hall–Kier alpha value is -4.05. The monoisotopic (exact) mass is 509 g/mol. The minimum atomic E-state index is -1.02. The lowest BCUT2D eigenvalue weighted by Gasteiger charge is -2.32. The van der Waals surface area contributed by atoms with Crippen LogP contribution in [0.25, 0.3) is 0 Å². The van der Waals surface area contributed by atoms with Gasteiger partial charge >= 0.3 is 0 Å². The molecule has 2 aromatic carbocycles. The van der Waals surface area contributed by atoms with Gasteiger partial charge in [0, 0.05) is 43.6 Å². The van der Waals surface area contributed by atoms with Crippen molar-refractivity contribution in [2.45, 2.75) is 20.0 Å². The second-order valence-electron chi connectivity index (χ2n) is 9.09. The standard InChI is InChI=1S/C27H29F2N5O3/c1-16-4-9-21(28)23(24(16)29)17(2)37-22-14-19(15-31-25(22)30)26(35)32-20-7-5-18(6-8-20)27(36)34-12-10-33(3)11-13-34/h4-9,14-15,17H,10-13H2,1-3H3,(H2,30,31)(H,32,35)/t17-/m0/s1. The molecular formula is C27H29F2N5O3. The van der Waals surface area contributed by atoms with E-state index in [9.17, 15) is 18.4 Å². The Morgan fingerprint density at radius 2 is 1.73 bits per heavy atom. The summed E-state index contributed by atoms with van der Waals surface area (Å²) in [6.45, 7) is 6.01. The number of halogens is 2. The van der Waals surface area contributed by atoms with Gasteiger partial charge in [0.1, 0.15) is 17.7 Å². The summed E-state index contributed by atoms with van der Waals surface area (Å²) in [4.78, 5) is 33.5. The van der Waals surface area contributed by atoms with Crippen LogP contribution in [0, 0.1) is 18.6 Å². The zero-order valence-corrected chi connectivity index (χ0v) is 20.9. The van der Waals surface area contributed by atoms with Gasteiger partial charge in [0.25, 0.3) is 11.8 Å². The number of hydrogen-bond donors (Lipinski definition) is 2. The van der Waals surface area contributed by atoms with Crippen LogP contribution in [0.1, 0.15) is 44.9 Å². The molecular weight excluding hydrogens is 480 g/mol. The number of amides is 2. The maximum absolute atomic E-state index is 14.5. The average molecular weight is 510 g/mol. The van der Waals surface area contributed by atoms with Gasteiger partial charge in [-0.3, -0.25) is 9.59 Å². The van der Waals surface area contributed by atoms with Crippen molar-refractivity contribution in [3.8, 4) is 5.75 Å². The van der Waals surface area contributed by atoms with Gasteiger partial charge in [-0.15, -0.1) is 0 Å². The number of carbonyl (C=O) groups is 2. The SMILES string of the molecule is Cc1ccc(F)c([C@H](C)Oc2cc(C(=O)Nc3ccc(C(=O)N4CCN(C)CC4)cc3)cnc2N)c1F. The number of nitrogens with zero attached hydrogens (tertiary/aromatic N) is 3. The van der Waals surface area contributed by atoms with Crippen molar-refractivity contribution < 1.29 is 23.1 Å². The van der Waals surface area contributed by atoms with Crippen molar-refractivity contribution in [1.82, 2.24) is 14.8 Å². The van der Waals surface area contributed by atoms with Crippen LogP contribution in [-0.4, -0.2) is 59.8 Å². The van der Waals surface area contributed by atoms with E-state index in [1.54, 1.807) is 24.3 Å². The van der Waals surface area contributed by atoms with E-state index in [1.807, 2.05) is 11.9 Å². The number of nitrogen functional groups attached to an aromatic ring is 1. The van der Waals surface area contributed by atoms with Crippen LogP contribution in [0.2, 0.25) is 0 Å². The highest BCUT2D eigenvalue weighted by molar-refractivity contribution is 6.04. The van der Waals surface area contributed by atoms with Crippen LogP contribution in [0.5, 0.6) is 5.75 Å². The summed E-state index contributed by atoms with van der Waals surface area (Å²) in [5, 5.41) is 2.74. The molecule has 10 heteroatoms. The molecule has 0 radical (unpaired) electrons. The molecule has 4 rings (SSSR count). The Labute approximate surface area is 214 Å². The van der Waals surface area contributed by atoms with Crippen molar-refractivity contribution in [2.24, 2.45) is 0 Å². The van der Waals surface area contributed by atoms with Gasteiger partial charge in [0.2, 0.25) is 0 Å². The number of likely N-dealkylation sites (N-methyl/N-ethyl adjacent to an activating group) is 1. The van der Waals surface area contributed by atoms with E-state index in [-0.39, 0.29) is 34.2 Å². The highest BCUT2D eigenvalue weighted by Crippen LogP contribution is 2.30. The molecule has 0 unspecified atom stereocenters. The van der Waals surface area contributed by atoms with Gasteiger partial charge in [0.15, 0.2) is 11.6 Å². The number of nitrogens with one attached hydrogen (secondary N) is 1. The number of rotatable bonds is 6. The molecule has 0 aliphatic carbocycles. The lowest BCUT2D eigenvalue weighted by atomic mass is 10.1. The molecule has 8 nitrogen and oxygen atoms in total. The summed E-state index contributed by atoms with van der Waals surface area (Å²) in [5.74, 6) is -1.99. The fourth-order valence-corrected chi connectivity index (χ4v) is 4.07. The maximum atomic E-state index is 14.5. The Morgan fingerprint density at radius 3 is 2.41 bits per heavy atom. The Morgan fingerprint density at radius 1 is 1.05 bits per heavy atom. The average Bonchev–Trinajstić information content (AvgIpc) is 2.88. The van der Waals surface area contributed by atoms with E-state index < -0.39 is 23.6 Å². The highest BCUT2D eigenvalue weighted by Gasteiger charge is 2.22. The minimum Gasteiger partial charge on any atom is -0.482 e. The molecule has 3 aromatic rings. The lowest BCUT2D eigenvalue weighted by molar-refractivity contribution is 0.0664. The first-order valence-electron chi connectivity index (χ1n) is 11.9. The molecule has 1 aliphatic heterocycles. The third-order valence-corrected chi connectivity index (χ3v) is 6.35. The van der Waals surface area contributed by atoms with Crippen LogP contribution in [0.3, 0.4) is 0 Å². The molecule has 0 bridgehead atoms. The summed E-state index contributed by atoms with van der Waals surface area (Å²) in [6, 6.07) is 10.5. The number of pyridine rings is 1. The lowest BCUT2D eigenvalue weighted by Crippen LogP contribution is -2.47. The van der Waals surface area contributed by atoms with E-state index in [4.69, 9.17) is 10.5 Å². The molecule has 37 heavy (non-hydrogen) atoms. The Kier molecular flexibility index (Phi) is 7.68. The molecule has 1 aromatic heterocycles. The van der Waals surface area contributed by atoms with Gasteiger partial charge in [0.05, 0.1) is 11.1 Å². The molecule has 1 fully saturated rings. The van der Waals surface area contributed by atoms with Crippen molar-refractivity contribution >= 4 is 23.3 Å². The predicted molar refractivity (Wildman–Crippen MR) is 137 cm³/mol. The van der Waals surface area contributed by atoms with Gasteiger partial charge in [-0.05, 0) is 62.9 Å². The van der Waals surface area contributed by atoms with Crippen LogP contribution >= 0.6 is 0 Å². The van der Waals surface area contributed by atoms with E-state index in [0.29, 0.717) is 24.3 Å². The second-order valence-corrected chi connectivity index (χ2v) is 9.09. The number of hydrogen-bond acceptors (Lipinski definition) is 6. The first-order valence-corrected chi connectivity index (χ1v) is 11.9. The molecule has 1 saturated heterocycles. The minimum absolute atomic E-state index is 0.0218. The first kappa shape index (κ1) is 26.0. The van der Waals surface area contributed by atoms with Crippen molar-refractivity contribution in [2.75, 3.05) is 44.3 Å². The molecule has 194 valence electrons. The Balaban J connectivity index is 1.44. The van der Waals surface area contributed by atoms with Crippen molar-refractivity contribution in [1.29, 1.82) is 0 Å². The molecule has 1 aliphatic rings. The largest absolute Gasteiger partial charge is 0.482 e. The predicted octanol–water partition coefficient (Wildman–Crippen LogP) is 4.03. The molecule has 1 atom stereocenters. The number of ether oxygens (including phenoxy) is 1. The summed E-state index contributed by atoms with van der Waals surface area (Å²) >= 11 is 0. The summed E-state index contributed by atoms with van der Waals surface area (Å²) in [6.07, 6.45) is 0.258. The number of benzene rings is 2. The summed E-state index contributed by atoms with van der Waals surface area (Å²) < 4.78 is 34.5. The third-order valence-electron chi connectivity index (χ3n) is 6.35. The molecule has 0 saturated carbocycles. The summed E-state index contributed by atoms with van der Waals surface area (Å²) in [7, 11) is 2.02. The Bertz CT molecular complexity index is 1310. The first-order chi connectivity index (χ1) is 17.6. The van der Waals surface area contributed by atoms with E-state index in [2.05, 4.69) is 15.2 Å². The number of carbonyl (C=O) groups excluding carboxylic acids is 2. The quantitative estimate of drug-likeness (QED) is 0.521. The highest BCUT2D eigenvalue weighted by atomic mass is 19.1. The van der Waals surface area contributed by atoms with Crippen LogP contribution in [0.4, 0.5) is 20.3 Å². The van der Waals surface area contributed by atoms with Crippen molar-refractivity contribution in [3.05, 3.63) is 82.5 Å². The number of piperazine rings is 1. The number of anilines is 2. The topological polar surface area (TPSA) is 101 Å². The van der Waals surface area contributed by atoms with E-state index in [0.717, 1.165) is 13.1 Å². The smallest absolute Gasteiger partial charge is 0.257 e. The zero-order valence-electron chi connectivity index (χ0n) is 20.9. The third kappa shape index (κ3) is 5.86. The molecule has 0 spiro atoms. The maximum Gasteiger partial charge on any atom is 0.257 e. The van der Waals surface area contributed by atoms with Crippen LogP contribution in [-0.2, 0) is 0 Å². The van der Waals surface area contributed by atoms with Gasteiger partial charge < -0.3 is 25.6 Å². The van der Waals surface area contributed by atoms with Crippen LogP contribution in [0.15, 0.2) is 48.7 Å². The zero-order chi connectivity index (χ0) is 26.7. The summed E-state index contributed by atoms with van der Waals surface area (Å²) in [5.41, 5.74) is 7.10. The van der Waals surface area contributed by atoms with Gasteiger partial charge in [-0.25, -0.2) is 13.8 Å². The van der Waals surface area contributed by atoms with Crippen LogP contribution < -0.4 is 15.8 Å². The second kappa shape index (κ2) is 10.9. The van der Waals surface area contributed by atoms with Crippen molar-refractivity contribution in [3.63, 3.8) is 0 Å². The number of nitrogens with two attached hydrogens (primary N) is 1. The van der Waals surface area contributed by atoms with Gasteiger partial charge in [-0.1, -0.05) is 6.07 Å². The van der Waals surface area contributed by atoms with Gasteiger partial charge in [-0.2, -0.15) is 0 Å². The van der Waals surface area contributed by atoms with E-state index in [1.165, 1.54) is 38.2 Å². The number of aromatic nitrogens is 1. The normalized spacial score (nSPS) is 14.8. The fourth-order valence-electron chi connectivity index (χ4n) is 4.07. The van der Waals surface area contributed by atoms with E-state index >= 15 is 0 Å².